The number of nitrogens with one attached hydrogen (secondary N) is 2. The van der Waals surface area contributed by atoms with Crippen LogP contribution in [-0.2, 0) is 9.59 Å². The fraction of sp³-hybridized carbons (Fsp3) is 0.412. The number of carbonyl (C=O) groups is 2. The minimum Gasteiger partial charge on any atom is -0.325 e. The van der Waals surface area contributed by atoms with E-state index in [-0.39, 0.29) is 18.2 Å². The van der Waals surface area contributed by atoms with Crippen LogP contribution in [0.1, 0.15) is 38.5 Å². The summed E-state index contributed by atoms with van der Waals surface area (Å²) in [6.45, 7) is 0. The van der Waals surface area contributed by atoms with E-state index in [0.717, 1.165) is 31.4 Å². The van der Waals surface area contributed by atoms with E-state index < -0.39 is 5.25 Å². The second kappa shape index (κ2) is 8.88. The van der Waals surface area contributed by atoms with Crippen molar-refractivity contribution in [2.45, 2.75) is 43.8 Å². The molecular weight excluding hydrogens is 395 g/mol. The summed E-state index contributed by atoms with van der Waals surface area (Å²) in [5.74, 6) is -0.563. The van der Waals surface area contributed by atoms with Gasteiger partial charge in [0.25, 0.3) is 0 Å². The first kappa shape index (κ1) is 19.2. The predicted octanol–water partition coefficient (Wildman–Crippen LogP) is 4.23. The Morgan fingerprint density at radius 1 is 1.23 bits per heavy atom. The van der Waals surface area contributed by atoms with Crippen LogP contribution in [0.3, 0.4) is 0 Å². The monoisotopic (exact) mass is 412 g/mol. The average Bonchev–Trinajstić information content (AvgIpc) is 2.97. The number of nitrogens with zero attached hydrogens (tertiary/aromatic N) is 2. The van der Waals surface area contributed by atoms with Crippen molar-refractivity contribution >= 4 is 63.3 Å². The van der Waals surface area contributed by atoms with Crippen molar-refractivity contribution in [3.05, 3.63) is 28.2 Å². The second-order valence-corrected chi connectivity index (χ2v) is 8.14. The van der Waals surface area contributed by atoms with Gasteiger partial charge in [-0.25, -0.2) is 0 Å². The summed E-state index contributed by atoms with van der Waals surface area (Å²) in [4.78, 5) is 24.3. The molecule has 1 saturated carbocycles. The molecule has 1 saturated heterocycles. The molecule has 0 spiro atoms. The Bertz CT molecular complexity index is 774. The summed E-state index contributed by atoms with van der Waals surface area (Å²) in [5.41, 5.74) is 1.49. The predicted molar refractivity (Wildman–Crippen MR) is 107 cm³/mol. The third kappa shape index (κ3) is 5.22. The normalized spacial score (nSPS) is 21.6. The highest BCUT2D eigenvalue weighted by Crippen LogP contribution is 2.27. The smallest absolute Gasteiger partial charge is 0.240 e. The number of amides is 2. The number of benzene rings is 1. The molecule has 1 aliphatic heterocycles. The Morgan fingerprint density at radius 2 is 2.00 bits per heavy atom. The molecule has 2 fully saturated rings. The van der Waals surface area contributed by atoms with Gasteiger partial charge in [-0.05, 0) is 43.9 Å². The molecular formula is C17H18Cl2N4O2S. The zero-order valence-corrected chi connectivity index (χ0v) is 16.3. The van der Waals surface area contributed by atoms with E-state index in [1.807, 2.05) is 0 Å². The summed E-state index contributed by atoms with van der Waals surface area (Å²) in [6.07, 6.45) is 5.43. The third-order valence-electron chi connectivity index (χ3n) is 4.06. The van der Waals surface area contributed by atoms with Gasteiger partial charge in [-0.15, -0.1) is 5.10 Å². The van der Waals surface area contributed by atoms with Crippen molar-refractivity contribution in [2.75, 3.05) is 5.32 Å². The Hall–Kier alpha value is -1.57. The van der Waals surface area contributed by atoms with Gasteiger partial charge in [0.15, 0.2) is 5.17 Å². The summed E-state index contributed by atoms with van der Waals surface area (Å²) >= 11 is 13.2. The van der Waals surface area contributed by atoms with E-state index in [0.29, 0.717) is 20.9 Å². The van der Waals surface area contributed by atoms with Crippen LogP contribution in [0.15, 0.2) is 28.4 Å². The maximum absolute atomic E-state index is 12.2. The molecule has 3 rings (SSSR count). The standard InChI is InChI=1S/C17H18Cl2N4O2S/c18-10-6-7-12(19)13(8-10)20-15(24)9-14-16(25)21-17(26-14)23-22-11-4-2-1-3-5-11/h6-8,14H,1-5,9H2,(H,20,24)(H,21,23,25). The van der Waals surface area contributed by atoms with Gasteiger partial charge in [-0.2, -0.15) is 5.10 Å². The van der Waals surface area contributed by atoms with Gasteiger partial charge in [0.05, 0.1) is 10.7 Å². The van der Waals surface area contributed by atoms with Crippen LogP contribution in [0.2, 0.25) is 10.0 Å². The average molecular weight is 413 g/mol. The largest absolute Gasteiger partial charge is 0.325 e. The van der Waals surface area contributed by atoms with Crippen molar-refractivity contribution in [1.82, 2.24) is 5.32 Å². The van der Waals surface area contributed by atoms with Gasteiger partial charge < -0.3 is 10.6 Å². The first-order valence-corrected chi connectivity index (χ1v) is 10.0. The number of amidine groups is 1. The van der Waals surface area contributed by atoms with E-state index in [1.165, 1.54) is 18.2 Å². The highest BCUT2D eigenvalue weighted by atomic mass is 35.5. The molecule has 2 N–H and O–H groups in total. The molecule has 26 heavy (non-hydrogen) atoms. The molecule has 2 amide bonds. The van der Waals surface area contributed by atoms with E-state index in [4.69, 9.17) is 23.2 Å². The maximum Gasteiger partial charge on any atom is 0.240 e. The summed E-state index contributed by atoms with van der Waals surface area (Å²) in [7, 11) is 0. The lowest BCUT2D eigenvalue weighted by Gasteiger charge is -2.10. The lowest BCUT2D eigenvalue weighted by Crippen LogP contribution is -2.28. The molecule has 0 radical (unpaired) electrons. The second-order valence-electron chi connectivity index (χ2n) is 6.10. The zero-order chi connectivity index (χ0) is 18.5. The number of carbonyl (C=O) groups excluding carboxylic acids is 2. The molecule has 0 aromatic heterocycles. The number of halogens is 2. The number of rotatable bonds is 4. The maximum atomic E-state index is 12.2. The van der Waals surface area contributed by atoms with Gasteiger partial charge in [0.1, 0.15) is 5.25 Å². The van der Waals surface area contributed by atoms with Crippen molar-refractivity contribution < 1.29 is 9.59 Å². The van der Waals surface area contributed by atoms with E-state index in [2.05, 4.69) is 20.8 Å². The van der Waals surface area contributed by atoms with E-state index >= 15 is 0 Å². The van der Waals surface area contributed by atoms with Gasteiger partial charge in [-0.1, -0.05) is 41.4 Å². The molecule has 6 nitrogen and oxygen atoms in total. The molecule has 1 aliphatic carbocycles. The van der Waals surface area contributed by atoms with E-state index in [9.17, 15) is 9.59 Å². The fourth-order valence-electron chi connectivity index (χ4n) is 2.73. The van der Waals surface area contributed by atoms with Crippen molar-refractivity contribution in [3.8, 4) is 0 Å². The summed E-state index contributed by atoms with van der Waals surface area (Å²) in [6, 6.07) is 4.80. The Morgan fingerprint density at radius 3 is 2.77 bits per heavy atom. The van der Waals surface area contributed by atoms with Crippen LogP contribution in [0, 0.1) is 0 Å². The zero-order valence-electron chi connectivity index (χ0n) is 13.9. The lowest BCUT2D eigenvalue weighted by atomic mass is 9.99. The van der Waals surface area contributed by atoms with Gasteiger partial charge >= 0.3 is 0 Å². The highest BCUT2D eigenvalue weighted by Gasteiger charge is 2.32. The minimum atomic E-state index is -0.543. The minimum absolute atomic E-state index is 0.00886. The van der Waals surface area contributed by atoms with Crippen molar-refractivity contribution in [3.63, 3.8) is 0 Å². The Labute approximate surface area is 165 Å². The molecule has 9 heteroatoms. The van der Waals surface area contributed by atoms with Gasteiger partial charge in [0.2, 0.25) is 11.8 Å². The van der Waals surface area contributed by atoms with Gasteiger partial charge in [0, 0.05) is 17.2 Å². The molecule has 138 valence electrons. The molecule has 2 aliphatic rings. The molecule has 1 heterocycles. The number of anilines is 1. The quantitative estimate of drug-likeness (QED) is 0.725. The highest BCUT2D eigenvalue weighted by molar-refractivity contribution is 8.15. The number of thioether (sulfide) groups is 1. The molecule has 1 unspecified atom stereocenters. The van der Waals surface area contributed by atoms with Crippen LogP contribution >= 0.6 is 35.0 Å². The van der Waals surface area contributed by atoms with Crippen LogP contribution in [0.5, 0.6) is 0 Å². The third-order valence-corrected chi connectivity index (χ3v) is 5.70. The molecule has 1 atom stereocenters. The lowest BCUT2D eigenvalue weighted by molar-refractivity contribution is -0.122. The SMILES string of the molecule is O=C(CC1S/C(=N\N=C2CCCCC2)NC1=O)Nc1cc(Cl)ccc1Cl. The topological polar surface area (TPSA) is 82.9 Å². The number of hydrogen-bond donors (Lipinski definition) is 2. The molecule has 1 aromatic rings. The Kier molecular flexibility index (Phi) is 6.56. The van der Waals surface area contributed by atoms with Crippen molar-refractivity contribution in [1.29, 1.82) is 0 Å². The van der Waals surface area contributed by atoms with Gasteiger partial charge in [-0.3, -0.25) is 9.59 Å². The van der Waals surface area contributed by atoms with Crippen LogP contribution in [0.25, 0.3) is 0 Å². The van der Waals surface area contributed by atoms with Crippen molar-refractivity contribution in [2.24, 2.45) is 10.2 Å². The fourth-order valence-corrected chi connectivity index (χ4v) is 3.98. The summed E-state index contributed by atoms with van der Waals surface area (Å²) in [5, 5.41) is 14.5. The first-order chi connectivity index (χ1) is 12.5. The van der Waals surface area contributed by atoms with Crippen LogP contribution in [0.4, 0.5) is 5.69 Å². The molecule has 1 aromatic carbocycles. The van der Waals surface area contributed by atoms with E-state index in [1.54, 1.807) is 18.2 Å². The Balaban J connectivity index is 1.57. The van der Waals surface area contributed by atoms with Crippen LogP contribution < -0.4 is 10.6 Å². The summed E-state index contributed by atoms with van der Waals surface area (Å²) < 4.78 is 0. The molecule has 0 bridgehead atoms. The number of hydrogen-bond acceptors (Lipinski definition) is 5. The first-order valence-electron chi connectivity index (χ1n) is 8.37. The van der Waals surface area contributed by atoms with Crippen LogP contribution in [-0.4, -0.2) is 27.9 Å².